The molecule has 13 heavy (non-hydrogen) atoms. The van der Waals surface area contributed by atoms with Crippen LogP contribution in [0.3, 0.4) is 0 Å². The van der Waals surface area contributed by atoms with E-state index in [4.69, 9.17) is 34.0 Å². The molecule has 1 atom stereocenters. The Morgan fingerprint density at radius 2 is 2.23 bits per heavy atom. The molecule has 0 aliphatic carbocycles. The van der Waals surface area contributed by atoms with Crippen molar-refractivity contribution in [3.8, 4) is 0 Å². The van der Waals surface area contributed by atoms with Gasteiger partial charge in [0.15, 0.2) is 0 Å². The van der Waals surface area contributed by atoms with E-state index in [1.807, 2.05) is 6.92 Å². The Hall–Kier alpha value is 0.200. The summed E-state index contributed by atoms with van der Waals surface area (Å²) in [6.07, 6.45) is 0.472. The van der Waals surface area contributed by atoms with Gasteiger partial charge in [-0.3, -0.25) is 0 Å². The number of aliphatic hydroxyl groups excluding tert-OH is 1. The van der Waals surface area contributed by atoms with Crippen LogP contribution in [-0.4, -0.2) is 11.7 Å². The summed E-state index contributed by atoms with van der Waals surface area (Å²) in [5.74, 6) is 0. The minimum absolute atomic E-state index is 0.0385. The average molecular weight is 240 g/mol. The summed E-state index contributed by atoms with van der Waals surface area (Å²) in [6.45, 7) is 1.87. The molecule has 0 radical (unpaired) electrons. The molecule has 1 heterocycles. The maximum Gasteiger partial charge on any atom is 0.0994 e. The summed E-state index contributed by atoms with van der Waals surface area (Å²) >= 11 is 13.0. The molecule has 0 spiro atoms. The molecule has 0 aromatic carbocycles. The second kappa shape index (κ2) is 4.15. The third-order valence-corrected chi connectivity index (χ3v) is 3.39. The maximum atomic E-state index is 8.81. The number of thiophene rings is 1. The van der Waals surface area contributed by atoms with Crippen molar-refractivity contribution >= 4 is 34.5 Å². The smallest absolute Gasteiger partial charge is 0.0994 e. The Kier molecular flexibility index (Phi) is 3.60. The number of hydrogen-bond donors (Lipinski definition) is 2. The standard InChI is InChI=1S/C8H11Cl2NOS/c1-8(11,2-3-12)5-4-6(9)13-7(5)10/h4,12H,2-3,11H2,1H3/t8-/m0/s1. The fraction of sp³-hybridized carbons (Fsp3) is 0.500. The monoisotopic (exact) mass is 239 g/mol. The Labute approximate surface area is 91.3 Å². The van der Waals surface area contributed by atoms with E-state index in [2.05, 4.69) is 0 Å². The van der Waals surface area contributed by atoms with E-state index < -0.39 is 5.54 Å². The predicted molar refractivity (Wildman–Crippen MR) is 57.6 cm³/mol. The fourth-order valence-electron chi connectivity index (χ4n) is 1.10. The van der Waals surface area contributed by atoms with Crippen LogP contribution in [-0.2, 0) is 5.54 Å². The first-order valence-electron chi connectivity index (χ1n) is 3.82. The molecule has 0 saturated heterocycles. The van der Waals surface area contributed by atoms with Crippen molar-refractivity contribution in [2.24, 2.45) is 5.73 Å². The first-order chi connectivity index (χ1) is 5.97. The van der Waals surface area contributed by atoms with E-state index in [0.29, 0.717) is 15.1 Å². The second-order valence-electron chi connectivity index (χ2n) is 3.13. The minimum Gasteiger partial charge on any atom is -0.396 e. The van der Waals surface area contributed by atoms with Crippen LogP contribution in [0.15, 0.2) is 6.07 Å². The van der Waals surface area contributed by atoms with Crippen molar-refractivity contribution < 1.29 is 5.11 Å². The molecule has 74 valence electrons. The van der Waals surface area contributed by atoms with Crippen LogP contribution >= 0.6 is 34.5 Å². The molecule has 5 heteroatoms. The number of nitrogens with two attached hydrogens (primary N) is 1. The molecule has 0 aliphatic heterocycles. The normalized spacial score (nSPS) is 15.8. The molecule has 1 aromatic rings. The average Bonchev–Trinajstić information content (AvgIpc) is 2.30. The van der Waals surface area contributed by atoms with E-state index in [1.165, 1.54) is 11.3 Å². The largest absolute Gasteiger partial charge is 0.396 e. The van der Waals surface area contributed by atoms with Gasteiger partial charge in [0.25, 0.3) is 0 Å². The fourth-order valence-corrected chi connectivity index (χ4v) is 2.83. The number of hydrogen-bond acceptors (Lipinski definition) is 3. The summed E-state index contributed by atoms with van der Waals surface area (Å²) in [4.78, 5) is 0. The topological polar surface area (TPSA) is 46.2 Å². The second-order valence-corrected chi connectivity index (χ2v) is 5.41. The molecular formula is C8H11Cl2NOS. The van der Waals surface area contributed by atoms with Gasteiger partial charge >= 0.3 is 0 Å². The molecule has 0 unspecified atom stereocenters. The van der Waals surface area contributed by atoms with Crippen molar-refractivity contribution in [2.45, 2.75) is 18.9 Å². The Morgan fingerprint density at radius 1 is 1.62 bits per heavy atom. The highest BCUT2D eigenvalue weighted by Gasteiger charge is 2.25. The van der Waals surface area contributed by atoms with Gasteiger partial charge in [0.1, 0.15) is 0 Å². The molecule has 3 N–H and O–H groups in total. The summed E-state index contributed by atoms with van der Waals surface area (Å²) in [5, 5.41) is 8.81. The van der Waals surface area contributed by atoms with Gasteiger partial charge in [-0.1, -0.05) is 23.2 Å². The van der Waals surface area contributed by atoms with Crippen molar-refractivity contribution in [1.82, 2.24) is 0 Å². The third kappa shape index (κ3) is 2.58. The van der Waals surface area contributed by atoms with Crippen LogP contribution < -0.4 is 5.73 Å². The highest BCUT2D eigenvalue weighted by atomic mass is 35.5. The lowest BCUT2D eigenvalue weighted by Gasteiger charge is -2.22. The molecule has 1 rings (SSSR count). The molecular weight excluding hydrogens is 229 g/mol. The minimum atomic E-state index is -0.602. The van der Waals surface area contributed by atoms with E-state index in [9.17, 15) is 0 Å². The highest BCUT2D eigenvalue weighted by Crippen LogP contribution is 2.37. The summed E-state index contributed by atoms with van der Waals surface area (Å²) in [7, 11) is 0. The van der Waals surface area contributed by atoms with Crippen molar-refractivity contribution in [1.29, 1.82) is 0 Å². The zero-order chi connectivity index (χ0) is 10.1. The summed E-state index contributed by atoms with van der Waals surface area (Å²) in [6, 6.07) is 1.75. The van der Waals surface area contributed by atoms with Gasteiger partial charge in [-0.15, -0.1) is 11.3 Å². The van der Waals surface area contributed by atoms with Gasteiger partial charge in [-0.2, -0.15) is 0 Å². The Morgan fingerprint density at radius 3 is 2.62 bits per heavy atom. The van der Waals surface area contributed by atoms with E-state index in [-0.39, 0.29) is 6.61 Å². The van der Waals surface area contributed by atoms with Crippen LogP contribution in [0, 0.1) is 0 Å². The van der Waals surface area contributed by atoms with Gasteiger partial charge in [0.05, 0.1) is 8.67 Å². The predicted octanol–water partition coefficient (Wildman–Crippen LogP) is 2.61. The number of halogens is 2. The van der Waals surface area contributed by atoms with Crippen LogP contribution in [0.5, 0.6) is 0 Å². The molecule has 0 bridgehead atoms. The zero-order valence-electron chi connectivity index (χ0n) is 7.18. The molecule has 0 amide bonds. The Balaban J connectivity index is 2.98. The van der Waals surface area contributed by atoms with E-state index in [0.717, 1.165) is 5.56 Å². The Bertz CT molecular complexity index is 298. The summed E-state index contributed by atoms with van der Waals surface area (Å²) in [5.41, 5.74) is 6.17. The van der Waals surface area contributed by atoms with E-state index in [1.54, 1.807) is 6.07 Å². The lowest BCUT2D eigenvalue weighted by molar-refractivity contribution is 0.247. The van der Waals surface area contributed by atoms with Gasteiger partial charge < -0.3 is 10.8 Å². The highest BCUT2D eigenvalue weighted by molar-refractivity contribution is 7.20. The van der Waals surface area contributed by atoms with Crippen molar-refractivity contribution in [3.63, 3.8) is 0 Å². The van der Waals surface area contributed by atoms with Crippen molar-refractivity contribution in [2.75, 3.05) is 6.61 Å². The van der Waals surface area contributed by atoms with Gasteiger partial charge in [0, 0.05) is 17.7 Å². The van der Waals surface area contributed by atoms with Crippen LogP contribution in [0.1, 0.15) is 18.9 Å². The molecule has 0 aliphatic rings. The first-order valence-corrected chi connectivity index (χ1v) is 5.39. The summed E-state index contributed by atoms with van der Waals surface area (Å²) < 4.78 is 1.22. The molecule has 2 nitrogen and oxygen atoms in total. The maximum absolute atomic E-state index is 8.81. The van der Waals surface area contributed by atoms with Crippen LogP contribution in [0.2, 0.25) is 8.67 Å². The van der Waals surface area contributed by atoms with E-state index >= 15 is 0 Å². The molecule has 0 fully saturated rings. The number of aliphatic hydroxyl groups is 1. The lowest BCUT2D eigenvalue weighted by atomic mass is 9.93. The molecule has 1 aromatic heterocycles. The van der Waals surface area contributed by atoms with Crippen LogP contribution in [0.4, 0.5) is 0 Å². The van der Waals surface area contributed by atoms with Gasteiger partial charge in [-0.25, -0.2) is 0 Å². The van der Waals surface area contributed by atoms with Crippen LogP contribution in [0.25, 0.3) is 0 Å². The number of rotatable bonds is 3. The van der Waals surface area contributed by atoms with Gasteiger partial charge in [0.2, 0.25) is 0 Å². The SMILES string of the molecule is C[C@](N)(CCO)c1cc(Cl)sc1Cl. The third-order valence-electron chi connectivity index (χ3n) is 1.90. The molecule has 0 saturated carbocycles. The first kappa shape index (κ1) is 11.3. The van der Waals surface area contributed by atoms with Gasteiger partial charge in [-0.05, 0) is 19.4 Å². The quantitative estimate of drug-likeness (QED) is 0.853. The lowest BCUT2D eigenvalue weighted by Crippen LogP contribution is -2.33. The zero-order valence-corrected chi connectivity index (χ0v) is 9.51. The van der Waals surface area contributed by atoms with Crippen molar-refractivity contribution in [3.05, 3.63) is 20.3 Å².